The highest BCUT2D eigenvalue weighted by Gasteiger charge is 2.07. The summed E-state index contributed by atoms with van der Waals surface area (Å²) in [6.07, 6.45) is 0.712. The summed E-state index contributed by atoms with van der Waals surface area (Å²) in [5.41, 5.74) is 2.99. The third kappa shape index (κ3) is 2.08. The fourth-order valence-corrected chi connectivity index (χ4v) is 2.37. The average Bonchev–Trinajstić information content (AvgIpc) is 2.48. The van der Waals surface area contributed by atoms with Gasteiger partial charge in [0, 0.05) is 11.3 Å². The molecule has 0 aliphatic heterocycles. The van der Waals surface area contributed by atoms with E-state index < -0.39 is 0 Å². The van der Waals surface area contributed by atoms with Gasteiger partial charge in [-0.2, -0.15) is 0 Å². The molecule has 1 N–H and O–H groups in total. The minimum Gasteiger partial charge on any atom is -0.328 e. The van der Waals surface area contributed by atoms with E-state index in [0.29, 0.717) is 6.41 Å². The van der Waals surface area contributed by atoms with Gasteiger partial charge in [0.1, 0.15) is 0 Å². The molecule has 2 nitrogen and oxygen atoms in total. The summed E-state index contributed by atoms with van der Waals surface area (Å²) in [5, 5.41) is 5.14. The molecule has 0 spiro atoms. The van der Waals surface area contributed by atoms with Gasteiger partial charge in [0.15, 0.2) is 0 Å². The molecule has 0 heterocycles. The van der Waals surface area contributed by atoms with Gasteiger partial charge in [-0.1, -0.05) is 60.7 Å². The van der Waals surface area contributed by atoms with E-state index >= 15 is 0 Å². The first-order valence-corrected chi connectivity index (χ1v) is 6.17. The Kier molecular flexibility index (Phi) is 2.99. The normalized spacial score (nSPS) is 10.3. The summed E-state index contributed by atoms with van der Waals surface area (Å²) in [5.74, 6) is 0. The lowest BCUT2D eigenvalue weighted by molar-refractivity contribution is -0.105. The number of nitrogens with one attached hydrogen (secondary N) is 1. The fraction of sp³-hybridized carbons (Fsp3) is 0. The van der Waals surface area contributed by atoms with E-state index in [1.54, 1.807) is 0 Å². The van der Waals surface area contributed by atoms with E-state index in [1.165, 1.54) is 10.8 Å². The molecule has 3 aromatic rings. The third-order valence-corrected chi connectivity index (χ3v) is 3.22. The van der Waals surface area contributed by atoms with Crippen molar-refractivity contribution in [2.75, 3.05) is 5.32 Å². The number of carbonyl (C=O) groups is 1. The van der Waals surface area contributed by atoms with Crippen LogP contribution in [-0.4, -0.2) is 6.41 Å². The minimum atomic E-state index is 0.712. The molecule has 92 valence electrons. The molecule has 0 saturated heterocycles. The molecule has 0 bridgehead atoms. The molecular formula is C17H13NO. The summed E-state index contributed by atoms with van der Waals surface area (Å²) >= 11 is 0. The zero-order valence-electron chi connectivity index (χ0n) is 10.3. The van der Waals surface area contributed by atoms with E-state index in [1.807, 2.05) is 42.5 Å². The topological polar surface area (TPSA) is 29.1 Å². The van der Waals surface area contributed by atoms with Crippen LogP contribution in [0.3, 0.4) is 0 Å². The highest BCUT2D eigenvalue weighted by molar-refractivity contribution is 6.00. The Morgan fingerprint density at radius 3 is 2.32 bits per heavy atom. The monoisotopic (exact) mass is 247 g/mol. The van der Waals surface area contributed by atoms with Crippen LogP contribution >= 0.6 is 0 Å². The molecule has 0 aromatic heterocycles. The van der Waals surface area contributed by atoms with Crippen molar-refractivity contribution in [2.45, 2.75) is 0 Å². The third-order valence-electron chi connectivity index (χ3n) is 3.22. The summed E-state index contributed by atoms with van der Waals surface area (Å²) in [4.78, 5) is 10.7. The van der Waals surface area contributed by atoms with Crippen molar-refractivity contribution < 1.29 is 4.79 Å². The van der Waals surface area contributed by atoms with Crippen LogP contribution in [0, 0.1) is 0 Å². The van der Waals surface area contributed by atoms with Crippen LogP contribution in [0.4, 0.5) is 5.69 Å². The molecule has 0 aliphatic rings. The standard InChI is InChI=1S/C17H13NO/c19-12-18-17-11-4-3-9-16(17)15-10-5-7-13-6-1-2-8-14(13)15/h1-12H,(H,18,19). The number of rotatable bonds is 3. The maximum absolute atomic E-state index is 10.7. The van der Waals surface area contributed by atoms with E-state index in [0.717, 1.165) is 16.8 Å². The molecule has 0 atom stereocenters. The number of hydrogen-bond donors (Lipinski definition) is 1. The fourth-order valence-electron chi connectivity index (χ4n) is 2.37. The molecule has 3 rings (SSSR count). The highest BCUT2D eigenvalue weighted by Crippen LogP contribution is 2.33. The van der Waals surface area contributed by atoms with Gasteiger partial charge in [0.05, 0.1) is 0 Å². The second kappa shape index (κ2) is 4.94. The zero-order chi connectivity index (χ0) is 13.1. The van der Waals surface area contributed by atoms with Gasteiger partial charge in [-0.15, -0.1) is 0 Å². The average molecular weight is 247 g/mol. The van der Waals surface area contributed by atoms with Crippen LogP contribution in [0.1, 0.15) is 0 Å². The predicted octanol–water partition coefficient (Wildman–Crippen LogP) is 4.08. The molecule has 0 unspecified atom stereocenters. The first-order valence-electron chi connectivity index (χ1n) is 6.17. The van der Waals surface area contributed by atoms with Crippen LogP contribution in [0.15, 0.2) is 66.7 Å². The minimum absolute atomic E-state index is 0.712. The lowest BCUT2D eigenvalue weighted by Crippen LogP contribution is -1.96. The molecule has 0 fully saturated rings. The van der Waals surface area contributed by atoms with Gasteiger partial charge in [0.2, 0.25) is 6.41 Å². The number of hydrogen-bond acceptors (Lipinski definition) is 1. The smallest absolute Gasteiger partial charge is 0.211 e. The number of benzene rings is 3. The number of anilines is 1. The van der Waals surface area contributed by atoms with E-state index in [-0.39, 0.29) is 0 Å². The van der Waals surface area contributed by atoms with Crippen LogP contribution in [0.5, 0.6) is 0 Å². The Balaban J connectivity index is 2.27. The van der Waals surface area contributed by atoms with Crippen molar-refractivity contribution in [2.24, 2.45) is 0 Å². The van der Waals surface area contributed by atoms with Crippen molar-refractivity contribution >= 4 is 22.9 Å². The molecule has 2 heteroatoms. The second-order valence-corrected chi connectivity index (χ2v) is 4.33. The van der Waals surface area contributed by atoms with Crippen LogP contribution in [-0.2, 0) is 4.79 Å². The first-order chi connectivity index (χ1) is 9.40. The van der Waals surface area contributed by atoms with Crippen LogP contribution in [0.25, 0.3) is 21.9 Å². The summed E-state index contributed by atoms with van der Waals surface area (Å²) < 4.78 is 0. The molecule has 0 saturated carbocycles. The Morgan fingerprint density at radius 2 is 1.42 bits per heavy atom. The first kappa shape index (κ1) is 11.5. The molecule has 19 heavy (non-hydrogen) atoms. The zero-order valence-corrected chi connectivity index (χ0v) is 10.3. The van der Waals surface area contributed by atoms with Crippen molar-refractivity contribution in [3.63, 3.8) is 0 Å². The van der Waals surface area contributed by atoms with Gasteiger partial charge < -0.3 is 5.32 Å². The van der Waals surface area contributed by atoms with Gasteiger partial charge in [-0.05, 0) is 22.4 Å². The lowest BCUT2D eigenvalue weighted by Gasteiger charge is -2.11. The summed E-state index contributed by atoms with van der Waals surface area (Å²) in [6, 6.07) is 22.3. The van der Waals surface area contributed by atoms with Crippen LogP contribution < -0.4 is 5.32 Å². The number of para-hydroxylation sites is 1. The maximum Gasteiger partial charge on any atom is 0.211 e. The van der Waals surface area contributed by atoms with Crippen molar-refractivity contribution in [1.82, 2.24) is 0 Å². The van der Waals surface area contributed by atoms with Gasteiger partial charge in [0.25, 0.3) is 0 Å². The molecule has 1 amide bonds. The Bertz CT molecular complexity index is 729. The molecular weight excluding hydrogens is 234 g/mol. The highest BCUT2D eigenvalue weighted by atomic mass is 16.1. The molecule has 0 aliphatic carbocycles. The van der Waals surface area contributed by atoms with Crippen molar-refractivity contribution in [1.29, 1.82) is 0 Å². The van der Waals surface area contributed by atoms with E-state index in [9.17, 15) is 4.79 Å². The summed E-state index contributed by atoms with van der Waals surface area (Å²) in [6.45, 7) is 0. The van der Waals surface area contributed by atoms with Gasteiger partial charge >= 0.3 is 0 Å². The lowest BCUT2D eigenvalue weighted by atomic mass is 9.97. The van der Waals surface area contributed by atoms with Crippen LogP contribution in [0.2, 0.25) is 0 Å². The van der Waals surface area contributed by atoms with Gasteiger partial charge in [-0.3, -0.25) is 4.79 Å². The second-order valence-electron chi connectivity index (χ2n) is 4.33. The maximum atomic E-state index is 10.7. The van der Waals surface area contributed by atoms with Gasteiger partial charge in [-0.25, -0.2) is 0 Å². The Labute approximate surface area is 111 Å². The summed E-state index contributed by atoms with van der Waals surface area (Å²) in [7, 11) is 0. The quantitative estimate of drug-likeness (QED) is 0.694. The number of carbonyl (C=O) groups excluding carboxylic acids is 1. The Morgan fingerprint density at radius 1 is 0.737 bits per heavy atom. The van der Waals surface area contributed by atoms with Crippen molar-refractivity contribution in [3.8, 4) is 11.1 Å². The van der Waals surface area contributed by atoms with Crippen molar-refractivity contribution in [3.05, 3.63) is 66.7 Å². The SMILES string of the molecule is O=CNc1ccccc1-c1cccc2ccccc12. The predicted molar refractivity (Wildman–Crippen MR) is 79.1 cm³/mol. The van der Waals surface area contributed by atoms with E-state index in [4.69, 9.17) is 0 Å². The van der Waals surface area contributed by atoms with E-state index in [2.05, 4.69) is 29.6 Å². The molecule has 0 radical (unpaired) electrons. The molecule has 3 aromatic carbocycles. The Hall–Kier alpha value is -2.61. The number of amides is 1. The largest absolute Gasteiger partial charge is 0.328 e. The number of fused-ring (bicyclic) bond motifs is 1.